The van der Waals surface area contributed by atoms with Crippen LogP contribution in [0.1, 0.15) is 47.6 Å². The Hall–Kier alpha value is -4.63. The minimum absolute atomic E-state index is 0.0281. The molecule has 0 aliphatic carbocycles. The summed E-state index contributed by atoms with van der Waals surface area (Å²) in [4.78, 5) is 61.2. The first-order valence-electron chi connectivity index (χ1n) is 14.4. The molecule has 3 amide bonds. The summed E-state index contributed by atoms with van der Waals surface area (Å²) in [7, 11) is 0. The summed E-state index contributed by atoms with van der Waals surface area (Å²) in [6, 6.07) is 22.5. The van der Waals surface area contributed by atoms with Gasteiger partial charge in [0.05, 0.1) is 21.7 Å². The Morgan fingerprint density at radius 1 is 1.05 bits per heavy atom. The molecule has 1 unspecified atom stereocenters. The van der Waals surface area contributed by atoms with Crippen LogP contribution < -0.4 is 10.6 Å². The van der Waals surface area contributed by atoms with Gasteiger partial charge in [-0.25, -0.2) is 4.98 Å². The highest BCUT2D eigenvalue weighted by Crippen LogP contribution is 2.47. The lowest BCUT2D eigenvalue weighted by Gasteiger charge is -2.29. The predicted molar refractivity (Wildman–Crippen MR) is 168 cm³/mol. The third kappa shape index (κ3) is 5.48. The van der Waals surface area contributed by atoms with Crippen LogP contribution in [0.4, 0.5) is 5.69 Å². The van der Waals surface area contributed by atoms with Gasteiger partial charge in [-0.3, -0.25) is 19.2 Å². The van der Waals surface area contributed by atoms with E-state index in [0.29, 0.717) is 22.6 Å². The van der Waals surface area contributed by atoms with E-state index in [4.69, 9.17) is 0 Å². The topological polar surface area (TPSA) is 108 Å². The lowest BCUT2D eigenvalue weighted by atomic mass is 9.79. The summed E-state index contributed by atoms with van der Waals surface area (Å²) in [6.45, 7) is 3.98. The van der Waals surface area contributed by atoms with E-state index in [9.17, 15) is 19.2 Å². The Morgan fingerprint density at radius 3 is 2.53 bits per heavy atom. The first-order chi connectivity index (χ1) is 20.7. The summed E-state index contributed by atoms with van der Waals surface area (Å²) in [6.07, 6.45) is 3.60. The molecule has 1 saturated heterocycles. The minimum atomic E-state index is -1.08. The highest BCUT2D eigenvalue weighted by atomic mass is 32.1. The van der Waals surface area contributed by atoms with Crippen molar-refractivity contribution in [2.75, 3.05) is 11.9 Å². The summed E-state index contributed by atoms with van der Waals surface area (Å²) < 4.78 is 0.871. The molecule has 0 bridgehead atoms. The Bertz CT molecular complexity index is 1710. The van der Waals surface area contributed by atoms with E-state index in [0.717, 1.165) is 15.8 Å². The third-order valence-electron chi connectivity index (χ3n) is 8.12. The number of thiazole rings is 1. The van der Waals surface area contributed by atoms with Gasteiger partial charge in [-0.1, -0.05) is 74.5 Å². The number of aromatic nitrogens is 1. The third-order valence-corrected chi connectivity index (χ3v) is 9.17. The molecule has 0 radical (unpaired) electrons. The van der Waals surface area contributed by atoms with Gasteiger partial charge in [-0.15, -0.1) is 11.3 Å². The van der Waals surface area contributed by atoms with Gasteiger partial charge in [-0.05, 0) is 54.2 Å². The molecule has 3 aromatic carbocycles. The molecular formula is C34H32N4O4S. The van der Waals surface area contributed by atoms with Crippen molar-refractivity contribution in [3.63, 3.8) is 0 Å². The number of hydrogen-bond donors (Lipinski definition) is 2. The second kappa shape index (κ2) is 11.6. The molecule has 3 atom stereocenters. The number of carbonyl (C=O) groups excluding carboxylic acids is 4. The smallest absolute Gasteiger partial charge is 0.245 e. The van der Waals surface area contributed by atoms with Crippen LogP contribution in [0.2, 0.25) is 0 Å². The fraction of sp³-hybridized carbons (Fsp3) is 0.265. The van der Waals surface area contributed by atoms with Crippen LogP contribution in [0.15, 0.2) is 84.9 Å². The average Bonchev–Trinajstić information content (AvgIpc) is 3.70. The zero-order valence-electron chi connectivity index (χ0n) is 23.9. The van der Waals surface area contributed by atoms with E-state index in [1.807, 2.05) is 92.7 Å². The quantitative estimate of drug-likeness (QED) is 0.216. The molecule has 218 valence electrons. The zero-order valence-corrected chi connectivity index (χ0v) is 24.8. The lowest BCUT2D eigenvalue weighted by Crippen LogP contribution is -2.52. The van der Waals surface area contributed by atoms with Gasteiger partial charge in [0, 0.05) is 18.3 Å². The Labute approximate surface area is 253 Å². The number of anilines is 1. The minimum Gasteiger partial charge on any atom is -0.341 e. The normalized spacial score (nSPS) is 20.1. The van der Waals surface area contributed by atoms with Crippen LogP contribution in [-0.2, 0) is 19.8 Å². The number of likely N-dealkylation sites (tertiary alicyclic amines) is 1. The number of Topliss-reactive ketones (excluding diaryl/α,β-unsaturated/α-hetero) is 1. The van der Waals surface area contributed by atoms with Crippen LogP contribution in [0.3, 0.4) is 0 Å². The second-order valence-corrected chi connectivity index (χ2v) is 12.6. The molecule has 43 heavy (non-hydrogen) atoms. The van der Waals surface area contributed by atoms with Crippen molar-refractivity contribution in [2.45, 2.75) is 44.2 Å². The first kappa shape index (κ1) is 28.5. The van der Waals surface area contributed by atoms with Gasteiger partial charge in [0.1, 0.15) is 6.04 Å². The van der Waals surface area contributed by atoms with Gasteiger partial charge < -0.3 is 15.5 Å². The number of nitrogens with one attached hydrogen (secondary N) is 2. The maximum atomic E-state index is 14.4. The van der Waals surface area contributed by atoms with Gasteiger partial charge in [-0.2, -0.15) is 0 Å². The predicted octanol–water partition coefficient (Wildman–Crippen LogP) is 5.21. The van der Waals surface area contributed by atoms with E-state index in [2.05, 4.69) is 15.6 Å². The van der Waals surface area contributed by atoms with Crippen molar-refractivity contribution in [3.05, 3.63) is 101 Å². The van der Waals surface area contributed by atoms with Gasteiger partial charge in [0.25, 0.3) is 0 Å². The number of amides is 3. The summed E-state index contributed by atoms with van der Waals surface area (Å²) in [5.41, 5.74) is 1.94. The number of rotatable bonds is 8. The van der Waals surface area contributed by atoms with Crippen molar-refractivity contribution < 1.29 is 19.2 Å². The van der Waals surface area contributed by atoms with Crippen LogP contribution in [0.5, 0.6) is 0 Å². The van der Waals surface area contributed by atoms with E-state index in [1.54, 1.807) is 6.08 Å². The van der Waals surface area contributed by atoms with E-state index < -0.39 is 23.4 Å². The average molecular weight is 593 g/mol. The van der Waals surface area contributed by atoms with Gasteiger partial charge in [0.15, 0.2) is 5.01 Å². The summed E-state index contributed by atoms with van der Waals surface area (Å²) in [5.74, 6) is -1.25. The molecule has 9 heteroatoms. The number of carbonyl (C=O) groups is 4. The lowest BCUT2D eigenvalue weighted by molar-refractivity contribution is -0.136. The maximum Gasteiger partial charge on any atom is 0.245 e. The number of para-hydroxylation sites is 2. The zero-order chi connectivity index (χ0) is 30.1. The Balaban J connectivity index is 1.34. The van der Waals surface area contributed by atoms with Gasteiger partial charge >= 0.3 is 0 Å². The molecule has 8 nitrogen and oxygen atoms in total. The molecule has 2 aliphatic rings. The van der Waals surface area contributed by atoms with E-state index >= 15 is 0 Å². The van der Waals surface area contributed by atoms with E-state index in [1.165, 1.54) is 22.3 Å². The molecule has 4 aromatic rings. The van der Waals surface area contributed by atoms with E-state index in [-0.39, 0.29) is 36.5 Å². The van der Waals surface area contributed by atoms with Crippen LogP contribution in [0, 0.1) is 5.92 Å². The number of nitrogens with zero attached hydrogens (tertiary/aromatic N) is 2. The molecule has 6 rings (SSSR count). The largest absolute Gasteiger partial charge is 0.341 e. The molecule has 3 heterocycles. The number of fused-ring (bicyclic) bond motifs is 3. The molecule has 1 aromatic heterocycles. The van der Waals surface area contributed by atoms with Crippen LogP contribution >= 0.6 is 11.3 Å². The molecule has 2 N–H and O–H groups in total. The van der Waals surface area contributed by atoms with Crippen molar-refractivity contribution in [1.82, 2.24) is 15.2 Å². The molecule has 1 spiro atoms. The van der Waals surface area contributed by atoms with Gasteiger partial charge in [0.2, 0.25) is 23.5 Å². The molecule has 0 saturated carbocycles. The van der Waals surface area contributed by atoms with Crippen LogP contribution in [-0.4, -0.2) is 52.0 Å². The fourth-order valence-corrected chi connectivity index (χ4v) is 7.03. The van der Waals surface area contributed by atoms with Crippen molar-refractivity contribution >= 4 is 56.8 Å². The van der Waals surface area contributed by atoms with Crippen LogP contribution in [0.25, 0.3) is 16.3 Å². The number of ketones is 1. The summed E-state index contributed by atoms with van der Waals surface area (Å²) in [5, 5.41) is 6.13. The maximum absolute atomic E-state index is 14.4. The standard InChI is InChI=1S/C34H32N4O4S/c1-21(2)18-26(35-29(39)17-16-22-10-4-3-5-11-22)32(41)38-20-34(23-12-6-7-13-24(23)37-33(34)42)19-27(38)30(40)31-36-25-14-8-9-15-28(25)43-31/h3-17,21,26-27H,18-20H2,1-2H3,(H,35,39)(H,37,42)/t26?,27-,34-/m0/s1. The Morgan fingerprint density at radius 2 is 1.77 bits per heavy atom. The molecular weight excluding hydrogens is 560 g/mol. The molecule has 1 fully saturated rings. The number of benzene rings is 3. The van der Waals surface area contributed by atoms with Crippen molar-refractivity contribution in [3.8, 4) is 0 Å². The summed E-state index contributed by atoms with van der Waals surface area (Å²) >= 11 is 1.28. The Kier molecular flexibility index (Phi) is 7.66. The van der Waals surface area contributed by atoms with Crippen molar-refractivity contribution in [2.24, 2.45) is 5.92 Å². The SMILES string of the molecule is CC(C)CC(NC(=O)C=Cc1ccccc1)C(=O)N1C[C@]2(C[C@H]1C(=O)c1nc3ccccc3s1)C(=O)Nc1ccccc12. The highest BCUT2D eigenvalue weighted by molar-refractivity contribution is 7.20. The monoisotopic (exact) mass is 592 g/mol. The highest BCUT2D eigenvalue weighted by Gasteiger charge is 2.58. The van der Waals surface area contributed by atoms with Crippen molar-refractivity contribution in [1.29, 1.82) is 0 Å². The fourth-order valence-electron chi connectivity index (χ4n) is 6.07. The first-order valence-corrected chi connectivity index (χ1v) is 15.2. The number of hydrogen-bond acceptors (Lipinski definition) is 6. The molecule has 2 aliphatic heterocycles. The second-order valence-electron chi connectivity index (χ2n) is 11.6.